The summed E-state index contributed by atoms with van der Waals surface area (Å²) in [4.78, 5) is 30.3. The van der Waals surface area contributed by atoms with Crippen molar-refractivity contribution in [2.45, 2.75) is 51.5 Å². The molecule has 1 aromatic rings. The summed E-state index contributed by atoms with van der Waals surface area (Å²) in [7, 11) is 1.58. The number of aromatic nitrogens is 1. The highest BCUT2D eigenvalue weighted by Crippen LogP contribution is 2.23. The molecule has 0 unspecified atom stereocenters. The van der Waals surface area contributed by atoms with Gasteiger partial charge in [-0.1, -0.05) is 6.07 Å². The molecule has 0 aromatic carbocycles. The van der Waals surface area contributed by atoms with E-state index in [9.17, 15) is 9.59 Å². The Morgan fingerprint density at radius 3 is 2.75 bits per heavy atom. The minimum Gasteiger partial charge on any atom is -0.444 e. The zero-order valence-corrected chi connectivity index (χ0v) is 14.6. The van der Waals surface area contributed by atoms with Crippen molar-refractivity contribution in [1.82, 2.24) is 15.2 Å². The van der Waals surface area contributed by atoms with Crippen LogP contribution in [0.25, 0.3) is 0 Å². The minimum absolute atomic E-state index is 0.174. The van der Waals surface area contributed by atoms with E-state index in [0.29, 0.717) is 19.5 Å². The van der Waals surface area contributed by atoms with Crippen LogP contribution in [0.2, 0.25) is 0 Å². The molecule has 1 N–H and O–H groups in total. The van der Waals surface area contributed by atoms with E-state index in [2.05, 4.69) is 10.3 Å². The molecule has 1 aliphatic rings. The Hall–Kier alpha value is -2.15. The van der Waals surface area contributed by atoms with Crippen LogP contribution < -0.4 is 5.32 Å². The van der Waals surface area contributed by atoms with Gasteiger partial charge in [0.1, 0.15) is 11.6 Å². The maximum atomic E-state index is 12.5. The maximum Gasteiger partial charge on any atom is 0.411 e. The van der Waals surface area contributed by atoms with Crippen molar-refractivity contribution in [2.24, 2.45) is 0 Å². The average Bonchev–Trinajstić information content (AvgIpc) is 2.96. The third-order valence-electron chi connectivity index (χ3n) is 3.72. The summed E-state index contributed by atoms with van der Waals surface area (Å²) in [5.41, 5.74) is 0.287. The van der Waals surface area contributed by atoms with Crippen molar-refractivity contribution in [3.63, 3.8) is 0 Å². The molecule has 2 rings (SSSR count). The quantitative estimate of drug-likeness (QED) is 0.906. The molecule has 0 spiro atoms. The molecule has 132 valence electrons. The van der Waals surface area contributed by atoms with E-state index in [1.54, 1.807) is 40.3 Å². The standard InChI is InChI=1S/C17H25N3O4/c1-17(2,3)24-16(22)20-11-13(23-4)8-14(20)15(21)19-10-12-6-5-7-18-9-12/h5-7,9,13-14H,8,10-11H2,1-4H3,(H,19,21)/t13-,14+/m1/s1. The van der Waals surface area contributed by atoms with Crippen LogP contribution >= 0.6 is 0 Å². The first-order valence-electron chi connectivity index (χ1n) is 7.99. The molecule has 0 saturated carbocycles. The van der Waals surface area contributed by atoms with Gasteiger partial charge in [-0.2, -0.15) is 0 Å². The Morgan fingerprint density at radius 2 is 2.17 bits per heavy atom. The molecule has 1 saturated heterocycles. The zero-order valence-electron chi connectivity index (χ0n) is 14.6. The minimum atomic E-state index is -0.612. The molecule has 24 heavy (non-hydrogen) atoms. The van der Waals surface area contributed by atoms with Gasteiger partial charge in [-0.25, -0.2) is 4.79 Å². The Kier molecular flexibility index (Phi) is 5.77. The Morgan fingerprint density at radius 1 is 1.42 bits per heavy atom. The van der Waals surface area contributed by atoms with E-state index in [0.717, 1.165) is 5.56 Å². The van der Waals surface area contributed by atoms with Gasteiger partial charge >= 0.3 is 6.09 Å². The van der Waals surface area contributed by atoms with Gasteiger partial charge in [0, 0.05) is 32.5 Å². The van der Waals surface area contributed by atoms with Gasteiger partial charge in [0.15, 0.2) is 0 Å². The van der Waals surface area contributed by atoms with Gasteiger partial charge in [-0.15, -0.1) is 0 Å². The molecule has 2 heterocycles. The lowest BCUT2D eigenvalue weighted by Crippen LogP contribution is -2.47. The zero-order chi connectivity index (χ0) is 17.7. The molecule has 1 aliphatic heterocycles. The van der Waals surface area contributed by atoms with Crippen LogP contribution in [0, 0.1) is 0 Å². The van der Waals surface area contributed by atoms with Crippen molar-refractivity contribution in [2.75, 3.05) is 13.7 Å². The second kappa shape index (κ2) is 7.61. The SMILES string of the molecule is CO[C@@H]1C[C@@H](C(=O)NCc2cccnc2)N(C(=O)OC(C)(C)C)C1. The predicted molar refractivity (Wildman–Crippen MR) is 88.2 cm³/mol. The lowest BCUT2D eigenvalue weighted by atomic mass is 10.1. The van der Waals surface area contributed by atoms with E-state index in [4.69, 9.17) is 9.47 Å². The summed E-state index contributed by atoms with van der Waals surface area (Å²) < 4.78 is 10.7. The number of hydrogen-bond acceptors (Lipinski definition) is 5. The molecule has 7 heteroatoms. The van der Waals surface area contributed by atoms with E-state index in [1.807, 2.05) is 12.1 Å². The monoisotopic (exact) mass is 335 g/mol. The van der Waals surface area contributed by atoms with Crippen LogP contribution in [-0.2, 0) is 20.8 Å². The van der Waals surface area contributed by atoms with Crippen LogP contribution in [0.1, 0.15) is 32.8 Å². The molecule has 0 radical (unpaired) electrons. The number of nitrogens with one attached hydrogen (secondary N) is 1. The molecule has 1 fully saturated rings. The van der Waals surface area contributed by atoms with Crippen molar-refractivity contribution >= 4 is 12.0 Å². The van der Waals surface area contributed by atoms with Gasteiger partial charge in [-0.05, 0) is 32.4 Å². The fourth-order valence-corrected chi connectivity index (χ4v) is 2.55. The normalized spacial score (nSPS) is 20.8. The van der Waals surface area contributed by atoms with E-state index in [-0.39, 0.29) is 12.0 Å². The molecule has 1 aromatic heterocycles. The molecule has 2 amide bonds. The van der Waals surface area contributed by atoms with Gasteiger partial charge < -0.3 is 14.8 Å². The lowest BCUT2D eigenvalue weighted by molar-refractivity contribution is -0.125. The number of carbonyl (C=O) groups is 2. The Balaban J connectivity index is 2.01. The summed E-state index contributed by atoms with van der Waals surface area (Å²) in [5, 5.41) is 2.85. The molecular formula is C17H25N3O4. The Bertz CT molecular complexity index is 571. The number of ether oxygens (including phenoxy) is 2. The highest BCUT2D eigenvalue weighted by atomic mass is 16.6. The fraction of sp³-hybridized carbons (Fsp3) is 0.588. The molecule has 2 atom stereocenters. The van der Waals surface area contributed by atoms with Crippen molar-refractivity contribution in [3.05, 3.63) is 30.1 Å². The topological polar surface area (TPSA) is 80.8 Å². The third kappa shape index (κ3) is 4.92. The van der Waals surface area contributed by atoms with Crippen LogP contribution in [0.4, 0.5) is 4.79 Å². The smallest absolute Gasteiger partial charge is 0.411 e. The molecule has 0 aliphatic carbocycles. The first kappa shape index (κ1) is 18.2. The second-order valence-corrected chi connectivity index (χ2v) is 6.82. The molecule has 7 nitrogen and oxygen atoms in total. The summed E-state index contributed by atoms with van der Waals surface area (Å²) in [6, 6.07) is 3.10. The first-order chi connectivity index (χ1) is 11.3. The number of nitrogens with zero attached hydrogens (tertiary/aromatic N) is 2. The number of likely N-dealkylation sites (tertiary alicyclic amines) is 1. The number of carbonyl (C=O) groups excluding carboxylic acids is 2. The summed E-state index contributed by atoms with van der Waals surface area (Å²) in [6.45, 7) is 6.10. The van der Waals surface area contributed by atoms with Crippen LogP contribution in [0.15, 0.2) is 24.5 Å². The largest absolute Gasteiger partial charge is 0.444 e. The Labute approximate surface area is 142 Å². The second-order valence-electron chi connectivity index (χ2n) is 6.82. The van der Waals surface area contributed by atoms with Crippen molar-refractivity contribution < 1.29 is 19.1 Å². The van der Waals surface area contributed by atoms with Crippen molar-refractivity contribution in [3.8, 4) is 0 Å². The maximum absolute atomic E-state index is 12.5. The highest BCUT2D eigenvalue weighted by molar-refractivity contribution is 5.86. The summed E-state index contributed by atoms with van der Waals surface area (Å²) in [6.07, 6.45) is 3.15. The summed E-state index contributed by atoms with van der Waals surface area (Å²) >= 11 is 0. The number of amides is 2. The van der Waals surface area contributed by atoms with Crippen molar-refractivity contribution in [1.29, 1.82) is 0 Å². The lowest BCUT2D eigenvalue weighted by Gasteiger charge is -2.27. The third-order valence-corrected chi connectivity index (χ3v) is 3.72. The van der Waals surface area contributed by atoms with Gasteiger partial charge in [0.25, 0.3) is 0 Å². The number of hydrogen-bond donors (Lipinski definition) is 1. The van der Waals surface area contributed by atoms with Crippen LogP contribution in [0.5, 0.6) is 0 Å². The van der Waals surface area contributed by atoms with E-state index >= 15 is 0 Å². The average molecular weight is 335 g/mol. The van der Waals surface area contributed by atoms with E-state index < -0.39 is 17.7 Å². The number of methoxy groups -OCH3 is 1. The van der Waals surface area contributed by atoms with Crippen LogP contribution in [-0.4, -0.2) is 53.3 Å². The number of pyridine rings is 1. The molecular weight excluding hydrogens is 310 g/mol. The number of rotatable bonds is 4. The van der Waals surface area contributed by atoms with E-state index in [1.165, 1.54) is 4.90 Å². The predicted octanol–water partition coefficient (Wildman–Crippen LogP) is 1.72. The first-order valence-corrected chi connectivity index (χ1v) is 7.99. The highest BCUT2D eigenvalue weighted by Gasteiger charge is 2.41. The van der Waals surface area contributed by atoms with Gasteiger partial charge in [0.05, 0.1) is 12.6 Å². The summed E-state index contributed by atoms with van der Waals surface area (Å²) in [5.74, 6) is -0.218. The molecule has 0 bridgehead atoms. The van der Waals surface area contributed by atoms with Gasteiger partial charge in [-0.3, -0.25) is 14.7 Å². The van der Waals surface area contributed by atoms with Gasteiger partial charge in [0.2, 0.25) is 5.91 Å². The fourth-order valence-electron chi connectivity index (χ4n) is 2.55. The van der Waals surface area contributed by atoms with Crippen LogP contribution in [0.3, 0.4) is 0 Å².